The van der Waals surface area contributed by atoms with Gasteiger partial charge in [-0.05, 0) is 14.1 Å². The number of nitrogens with zero attached hydrogens (tertiary/aromatic N) is 1. The lowest BCUT2D eigenvalue weighted by molar-refractivity contribution is 0.413. The molecule has 68 valence electrons. The van der Waals surface area contributed by atoms with Gasteiger partial charge in [-0.25, -0.2) is 0 Å². The van der Waals surface area contributed by atoms with Gasteiger partial charge in [-0.15, -0.1) is 0 Å². The zero-order valence-corrected chi connectivity index (χ0v) is 9.46. The summed E-state index contributed by atoms with van der Waals surface area (Å²) >= 11 is 2.04. The smallest absolute Gasteiger partial charge is 0.0151 e. The molecule has 0 radical (unpaired) electrons. The minimum absolute atomic E-state index is 0.398. The summed E-state index contributed by atoms with van der Waals surface area (Å²) in [6.45, 7) is 10.3. The fourth-order valence-corrected chi connectivity index (χ4v) is 2.73. The fourth-order valence-electron chi connectivity index (χ4n) is 1.16. The Morgan fingerprint density at radius 1 is 1.27 bits per heavy atom. The van der Waals surface area contributed by atoms with E-state index in [-0.39, 0.29) is 0 Å². The molecule has 11 heavy (non-hydrogen) atoms. The number of hydrogen-bond donors (Lipinski definition) is 0. The van der Waals surface area contributed by atoms with Gasteiger partial charge in [0.15, 0.2) is 0 Å². The third-order valence-electron chi connectivity index (χ3n) is 1.18. The molecule has 2 heteroatoms. The van der Waals surface area contributed by atoms with E-state index in [0.717, 1.165) is 5.25 Å². The Morgan fingerprint density at radius 2 is 1.73 bits per heavy atom. The largest absolute Gasteiger partial charge is 0.308 e. The van der Waals surface area contributed by atoms with E-state index in [1.807, 2.05) is 11.8 Å². The highest BCUT2D eigenvalue weighted by Crippen LogP contribution is 2.27. The number of hydrogen-bond acceptors (Lipinski definition) is 2. The summed E-state index contributed by atoms with van der Waals surface area (Å²) in [6, 6.07) is 0. The summed E-state index contributed by atoms with van der Waals surface area (Å²) in [5, 5.41) is 0.727. The molecule has 0 bridgehead atoms. The molecule has 0 amide bonds. The average molecular weight is 175 g/mol. The van der Waals surface area contributed by atoms with Crippen molar-refractivity contribution < 1.29 is 0 Å². The zero-order valence-electron chi connectivity index (χ0n) is 8.64. The lowest BCUT2D eigenvalue weighted by Crippen LogP contribution is -2.25. The van der Waals surface area contributed by atoms with Gasteiger partial charge in [0.1, 0.15) is 0 Å². The van der Waals surface area contributed by atoms with Crippen molar-refractivity contribution in [1.29, 1.82) is 0 Å². The van der Waals surface area contributed by atoms with Crippen LogP contribution in [0.2, 0.25) is 0 Å². The van der Waals surface area contributed by atoms with Crippen molar-refractivity contribution in [3.05, 3.63) is 0 Å². The molecule has 0 N–H and O–H groups in total. The second-order valence-electron chi connectivity index (χ2n) is 4.30. The second kappa shape index (κ2) is 4.36. The molecule has 0 aromatic heterocycles. The highest BCUT2D eigenvalue weighted by molar-refractivity contribution is 8.01. The Balaban J connectivity index is 3.61. The maximum Gasteiger partial charge on any atom is 0.0151 e. The third-order valence-corrected chi connectivity index (χ3v) is 2.44. The number of rotatable bonds is 3. The Morgan fingerprint density at radius 3 is 2.00 bits per heavy atom. The molecule has 1 nitrogen and oxygen atoms in total. The van der Waals surface area contributed by atoms with Crippen molar-refractivity contribution in [1.82, 2.24) is 4.90 Å². The maximum absolute atomic E-state index is 2.29. The van der Waals surface area contributed by atoms with Crippen LogP contribution in [0.25, 0.3) is 0 Å². The molecule has 0 aliphatic carbocycles. The average Bonchev–Trinajstić information content (AvgIpc) is 1.53. The second-order valence-corrected chi connectivity index (χ2v) is 6.57. The first-order valence-electron chi connectivity index (χ1n) is 4.14. The van der Waals surface area contributed by atoms with Crippen LogP contribution in [-0.4, -0.2) is 35.5 Å². The van der Waals surface area contributed by atoms with E-state index in [2.05, 4.69) is 46.7 Å². The molecule has 0 aromatic carbocycles. The van der Waals surface area contributed by atoms with Gasteiger partial charge in [0, 0.05) is 16.5 Å². The molecule has 0 aliphatic rings. The van der Waals surface area contributed by atoms with E-state index in [4.69, 9.17) is 0 Å². The van der Waals surface area contributed by atoms with E-state index in [1.165, 1.54) is 6.54 Å². The van der Waals surface area contributed by atoms with E-state index in [1.54, 1.807) is 0 Å². The molecule has 1 atom stereocenters. The SMILES string of the molecule is C[C@@H](CN(C)C)SC(C)(C)C. The van der Waals surface area contributed by atoms with Crippen LogP contribution in [0.5, 0.6) is 0 Å². The molecule has 0 spiro atoms. The minimum Gasteiger partial charge on any atom is -0.308 e. The zero-order chi connectivity index (χ0) is 9.07. The first-order chi connectivity index (χ1) is 4.81. The molecule has 0 aromatic rings. The first kappa shape index (κ1) is 11.3. The fraction of sp³-hybridized carbons (Fsp3) is 1.00. The molecule has 0 rings (SSSR count). The summed E-state index contributed by atoms with van der Waals surface area (Å²) in [4.78, 5) is 2.24. The molecule has 0 unspecified atom stereocenters. The predicted molar refractivity (Wildman–Crippen MR) is 55.4 cm³/mol. The standard InChI is InChI=1S/C9H21NS/c1-8(7-10(5)6)11-9(2,3)4/h8H,7H2,1-6H3/t8-/m0/s1. The lowest BCUT2D eigenvalue weighted by Gasteiger charge is -2.24. The summed E-state index contributed by atoms with van der Waals surface area (Å²) < 4.78 is 0.398. The van der Waals surface area contributed by atoms with Gasteiger partial charge in [-0.2, -0.15) is 11.8 Å². The van der Waals surface area contributed by atoms with Crippen LogP contribution >= 0.6 is 11.8 Å². The minimum atomic E-state index is 0.398. The summed E-state index contributed by atoms with van der Waals surface area (Å²) in [5.74, 6) is 0. The molecule has 0 heterocycles. The van der Waals surface area contributed by atoms with Crippen LogP contribution in [-0.2, 0) is 0 Å². The van der Waals surface area contributed by atoms with E-state index >= 15 is 0 Å². The molecule has 0 aliphatic heterocycles. The van der Waals surface area contributed by atoms with Crippen LogP contribution in [0.4, 0.5) is 0 Å². The molecular weight excluding hydrogens is 154 g/mol. The highest BCUT2D eigenvalue weighted by atomic mass is 32.2. The topological polar surface area (TPSA) is 3.24 Å². The van der Waals surface area contributed by atoms with Crippen molar-refractivity contribution in [2.75, 3.05) is 20.6 Å². The normalized spacial score (nSPS) is 15.5. The summed E-state index contributed by atoms with van der Waals surface area (Å²) in [7, 11) is 4.25. The van der Waals surface area contributed by atoms with Crippen LogP contribution in [0.1, 0.15) is 27.7 Å². The highest BCUT2D eigenvalue weighted by Gasteiger charge is 2.15. The van der Waals surface area contributed by atoms with Gasteiger partial charge in [-0.1, -0.05) is 27.7 Å². The summed E-state index contributed by atoms with van der Waals surface area (Å²) in [5.41, 5.74) is 0. The summed E-state index contributed by atoms with van der Waals surface area (Å²) in [6.07, 6.45) is 0. The maximum atomic E-state index is 2.29. The molecular formula is C9H21NS. The van der Waals surface area contributed by atoms with Crippen LogP contribution < -0.4 is 0 Å². The van der Waals surface area contributed by atoms with E-state index in [0.29, 0.717) is 4.75 Å². The number of thioether (sulfide) groups is 1. The lowest BCUT2D eigenvalue weighted by atomic mass is 10.3. The van der Waals surface area contributed by atoms with E-state index in [9.17, 15) is 0 Å². The first-order valence-corrected chi connectivity index (χ1v) is 5.02. The van der Waals surface area contributed by atoms with Gasteiger partial charge >= 0.3 is 0 Å². The van der Waals surface area contributed by atoms with Crippen LogP contribution in [0.15, 0.2) is 0 Å². The van der Waals surface area contributed by atoms with Crippen molar-refractivity contribution in [3.63, 3.8) is 0 Å². The van der Waals surface area contributed by atoms with Gasteiger partial charge in [0.05, 0.1) is 0 Å². The molecule has 0 saturated carbocycles. The van der Waals surface area contributed by atoms with Crippen molar-refractivity contribution in [2.24, 2.45) is 0 Å². The van der Waals surface area contributed by atoms with Gasteiger partial charge in [0.25, 0.3) is 0 Å². The van der Waals surface area contributed by atoms with Gasteiger partial charge in [-0.3, -0.25) is 0 Å². The predicted octanol–water partition coefficient (Wildman–Crippen LogP) is 2.47. The van der Waals surface area contributed by atoms with E-state index < -0.39 is 0 Å². The quantitative estimate of drug-likeness (QED) is 0.648. The third kappa shape index (κ3) is 8.21. The molecule has 0 saturated heterocycles. The Bertz CT molecular complexity index is 105. The van der Waals surface area contributed by atoms with Gasteiger partial charge in [0.2, 0.25) is 0 Å². The van der Waals surface area contributed by atoms with Crippen molar-refractivity contribution in [3.8, 4) is 0 Å². The monoisotopic (exact) mass is 175 g/mol. The van der Waals surface area contributed by atoms with Crippen LogP contribution in [0.3, 0.4) is 0 Å². The molecule has 0 fully saturated rings. The Kier molecular flexibility index (Phi) is 4.49. The Labute approximate surface area is 75.5 Å². The van der Waals surface area contributed by atoms with Gasteiger partial charge < -0.3 is 4.90 Å². The van der Waals surface area contributed by atoms with Crippen molar-refractivity contribution in [2.45, 2.75) is 37.7 Å². The van der Waals surface area contributed by atoms with Crippen LogP contribution in [0, 0.1) is 0 Å². The Hall–Kier alpha value is 0.310. The van der Waals surface area contributed by atoms with Crippen molar-refractivity contribution >= 4 is 11.8 Å².